The zero-order chi connectivity index (χ0) is 24.6. The zero-order valence-electron chi connectivity index (χ0n) is 19.1. The van der Waals surface area contributed by atoms with E-state index in [-0.39, 0.29) is 33.7 Å². The predicted octanol–water partition coefficient (Wildman–Crippen LogP) is 3.13. The van der Waals surface area contributed by atoms with Gasteiger partial charge >= 0.3 is 5.69 Å². The molecule has 2 aromatic carbocycles. The molecule has 0 spiro atoms. The molecule has 4 rings (SSSR count). The van der Waals surface area contributed by atoms with E-state index in [1.165, 1.54) is 50.5 Å². The summed E-state index contributed by atoms with van der Waals surface area (Å²) in [4.78, 5) is 16.3. The summed E-state index contributed by atoms with van der Waals surface area (Å²) in [6.07, 6.45) is 3.42. The van der Waals surface area contributed by atoms with Crippen molar-refractivity contribution in [3.8, 4) is 17.2 Å². The Bertz CT molecular complexity index is 1540. The number of nitrogens with zero attached hydrogens (tertiary/aromatic N) is 4. The number of hydrogen-bond donors (Lipinski definition) is 1. The second kappa shape index (κ2) is 8.86. The van der Waals surface area contributed by atoms with Gasteiger partial charge in [0.25, 0.3) is 10.0 Å². The number of sulfonamides is 1. The first-order valence-corrected chi connectivity index (χ1v) is 11.9. The maximum Gasteiger partial charge on any atom is 0.328 e. The van der Waals surface area contributed by atoms with Gasteiger partial charge in [-0.05, 0) is 24.6 Å². The molecule has 12 heteroatoms. The second-order valence-electron chi connectivity index (χ2n) is 7.76. The van der Waals surface area contributed by atoms with Crippen LogP contribution in [0.25, 0.3) is 11.0 Å². The number of halogens is 1. The van der Waals surface area contributed by atoms with E-state index in [9.17, 15) is 17.6 Å². The maximum absolute atomic E-state index is 14.1. The number of ether oxygens (including phenoxy) is 2. The van der Waals surface area contributed by atoms with Gasteiger partial charge in [0.1, 0.15) is 5.75 Å². The highest BCUT2D eigenvalue weighted by atomic mass is 32.2. The lowest BCUT2D eigenvalue weighted by atomic mass is 10.2. The fraction of sp³-hybridized carbons (Fsp3) is 0.273. The molecule has 2 aromatic heterocycles. The van der Waals surface area contributed by atoms with Crippen LogP contribution in [0.5, 0.6) is 17.2 Å². The van der Waals surface area contributed by atoms with Gasteiger partial charge in [-0.15, -0.1) is 0 Å². The zero-order valence-corrected chi connectivity index (χ0v) is 19.9. The Balaban J connectivity index is 1.81. The Morgan fingerprint density at radius 3 is 2.41 bits per heavy atom. The van der Waals surface area contributed by atoms with Gasteiger partial charge in [-0.1, -0.05) is 6.92 Å². The first-order valence-electron chi connectivity index (χ1n) is 10.4. The van der Waals surface area contributed by atoms with Crippen LogP contribution in [-0.2, 0) is 31.2 Å². The number of aromatic nitrogens is 4. The Labute approximate surface area is 195 Å². The average Bonchev–Trinajstić information content (AvgIpc) is 3.33. The molecule has 0 atom stereocenters. The number of anilines is 1. The van der Waals surface area contributed by atoms with Gasteiger partial charge in [0.2, 0.25) is 0 Å². The van der Waals surface area contributed by atoms with Crippen molar-refractivity contribution in [3.63, 3.8) is 0 Å². The first-order chi connectivity index (χ1) is 16.1. The van der Waals surface area contributed by atoms with Crippen LogP contribution in [-0.4, -0.2) is 33.7 Å². The second-order valence-corrected chi connectivity index (χ2v) is 9.39. The van der Waals surface area contributed by atoms with Crippen molar-refractivity contribution in [2.75, 3.05) is 11.3 Å². The van der Waals surface area contributed by atoms with Crippen LogP contribution in [0.4, 0.5) is 10.1 Å². The molecule has 0 aliphatic rings. The van der Waals surface area contributed by atoms with Crippen LogP contribution < -0.4 is 19.9 Å². The van der Waals surface area contributed by atoms with Gasteiger partial charge in [0.15, 0.2) is 22.3 Å². The summed E-state index contributed by atoms with van der Waals surface area (Å²) in [6, 6.07) is 7.04. The molecule has 0 unspecified atom stereocenters. The third-order valence-corrected chi connectivity index (χ3v) is 6.42. The number of nitrogens with one attached hydrogen (secondary N) is 1. The molecule has 0 aliphatic carbocycles. The first kappa shape index (κ1) is 23.4. The van der Waals surface area contributed by atoms with Crippen molar-refractivity contribution in [2.24, 2.45) is 21.1 Å². The van der Waals surface area contributed by atoms with Crippen LogP contribution in [0, 0.1) is 5.82 Å². The minimum atomic E-state index is -4.06. The molecule has 0 amide bonds. The topological polar surface area (TPSA) is 109 Å². The Morgan fingerprint density at radius 2 is 1.76 bits per heavy atom. The minimum Gasteiger partial charge on any atom is -0.490 e. The van der Waals surface area contributed by atoms with E-state index >= 15 is 0 Å². The molecule has 0 saturated carbocycles. The summed E-state index contributed by atoms with van der Waals surface area (Å²) in [5.74, 6) is -0.187. The average molecular weight is 490 g/mol. The number of fused-ring (bicyclic) bond motifs is 1. The van der Waals surface area contributed by atoms with E-state index in [0.29, 0.717) is 24.1 Å². The third kappa shape index (κ3) is 4.36. The van der Waals surface area contributed by atoms with E-state index < -0.39 is 15.8 Å². The fourth-order valence-corrected chi connectivity index (χ4v) is 4.46. The lowest BCUT2D eigenvalue weighted by Gasteiger charge is -2.15. The summed E-state index contributed by atoms with van der Waals surface area (Å²) in [7, 11) is 0.773. The SMILES string of the molecule is CCCOc1cc(Oc2cc3c(cc2NS(=O)(=O)c2cn(C)cn2)n(C)c(=O)n3C)ccc1F. The van der Waals surface area contributed by atoms with E-state index in [1.807, 2.05) is 6.92 Å². The molecule has 0 bridgehead atoms. The molecule has 0 radical (unpaired) electrons. The van der Waals surface area contributed by atoms with Gasteiger partial charge in [0.05, 0.1) is 29.7 Å². The van der Waals surface area contributed by atoms with Crippen LogP contribution in [0.1, 0.15) is 13.3 Å². The summed E-state index contributed by atoms with van der Waals surface area (Å²) in [5, 5.41) is -0.181. The summed E-state index contributed by atoms with van der Waals surface area (Å²) >= 11 is 0. The maximum atomic E-state index is 14.1. The Hall–Kier alpha value is -3.80. The van der Waals surface area contributed by atoms with Gasteiger partial charge in [-0.25, -0.2) is 14.2 Å². The summed E-state index contributed by atoms with van der Waals surface area (Å²) in [5.41, 5.74) is 0.805. The highest BCUT2D eigenvalue weighted by Crippen LogP contribution is 2.36. The molecule has 2 heterocycles. The van der Waals surface area contributed by atoms with Crippen LogP contribution >= 0.6 is 0 Å². The van der Waals surface area contributed by atoms with Gasteiger partial charge in [-0.2, -0.15) is 8.42 Å². The Kier molecular flexibility index (Phi) is 6.09. The number of rotatable bonds is 8. The van der Waals surface area contributed by atoms with Gasteiger partial charge in [0, 0.05) is 39.5 Å². The summed E-state index contributed by atoms with van der Waals surface area (Å²) in [6.45, 7) is 2.23. The smallest absolute Gasteiger partial charge is 0.328 e. The lowest BCUT2D eigenvalue weighted by molar-refractivity contribution is 0.299. The molecule has 0 fully saturated rings. The molecule has 180 valence electrons. The quantitative estimate of drug-likeness (QED) is 0.407. The number of imidazole rings is 2. The fourth-order valence-electron chi connectivity index (χ4n) is 3.41. The van der Waals surface area contributed by atoms with E-state index in [2.05, 4.69) is 9.71 Å². The molecule has 0 saturated heterocycles. The van der Waals surface area contributed by atoms with E-state index in [4.69, 9.17) is 9.47 Å². The predicted molar refractivity (Wildman–Crippen MR) is 124 cm³/mol. The van der Waals surface area contributed by atoms with Crippen molar-refractivity contribution in [3.05, 3.63) is 59.2 Å². The molecular formula is C22H24FN5O5S. The van der Waals surface area contributed by atoms with Gasteiger partial charge < -0.3 is 14.0 Å². The number of benzene rings is 2. The van der Waals surface area contributed by atoms with Crippen LogP contribution in [0.3, 0.4) is 0 Å². The molecule has 4 aromatic rings. The molecule has 10 nitrogen and oxygen atoms in total. The van der Waals surface area contributed by atoms with Crippen molar-refractivity contribution < 1.29 is 22.3 Å². The number of aryl methyl sites for hydroxylation is 3. The molecule has 0 aliphatic heterocycles. The van der Waals surface area contributed by atoms with Crippen molar-refractivity contribution in [1.29, 1.82) is 0 Å². The molecular weight excluding hydrogens is 465 g/mol. The molecule has 34 heavy (non-hydrogen) atoms. The van der Waals surface area contributed by atoms with E-state index in [0.717, 1.165) is 0 Å². The third-order valence-electron chi connectivity index (χ3n) is 5.17. The lowest BCUT2D eigenvalue weighted by Crippen LogP contribution is -2.19. The van der Waals surface area contributed by atoms with Crippen LogP contribution in [0.2, 0.25) is 0 Å². The monoisotopic (exact) mass is 489 g/mol. The number of hydrogen-bond acceptors (Lipinski definition) is 6. The minimum absolute atomic E-state index is 0.0168. The van der Waals surface area contributed by atoms with Crippen LogP contribution in [0.15, 0.2) is 52.7 Å². The normalized spacial score (nSPS) is 11.7. The highest BCUT2D eigenvalue weighted by molar-refractivity contribution is 7.92. The summed E-state index contributed by atoms with van der Waals surface area (Å²) < 4.78 is 58.2. The van der Waals surface area contributed by atoms with Crippen molar-refractivity contribution >= 4 is 26.7 Å². The highest BCUT2D eigenvalue weighted by Gasteiger charge is 2.22. The van der Waals surface area contributed by atoms with E-state index in [1.54, 1.807) is 27.2 Å². The Morgan fingerprint density at radius 1 is 1.06 bits per heavy atom. The van der Waals surface area contributed by atoms with Crippen molar-refractivity contribution in [2.45, 2.75) is 18.4 Å². The largest absolute Gasteiger partial charge is 0.490 e. The van der Waals surface area contributed by atoms with Gasteiger partial charge in [-0.3, -0.25) is 13.9 Å². The standard InChI is InChI=1S/C22H24FN5O5S/c1-5-8-32-19-9-14(6-7-15(19)23)33-20-11-18-17(27(3)22(29)28(18)4)10-16(20)25-34(30,31)21-12-26(2)13-24-21/h6-7,9-13,25H,5,8H2,1-4H3. The molecule has 1 N–H and O–H groups in total. The van der Waals surface area contributed by atoms with Crippen molar-refractivity contribution in [1.82, 2.24) is 18.7 Å².